The smallest absolute Gasteiger partial charge is 0.244 e. The Morgan fingerprint density at radius 2 is 1.96 bits per heavy atom. The lowest BCUT2D eigenvalue weighted by Gasteiger charge is -2.32. The number of piperidine rings is 1. The molecule has 0 spiro atoms. The molecule has 5 heteroatoms. The molecule has 0 bridgehead atoms. The second-order valence-corrected chi connectivity index (χ2v) is 8.02. The van der Waals surface area contributed by atoms with Gasteiger partial charge in [-0.15, -0.1) is 0 Å². The van der Waals surface area contributed by atoms with E-state index in [-0.39, 0.29) is 0 Å². The summed E-state index contributed by atoms with van der Waals surface area (Å²) in [6.07, 6.45) is 7.10. The molecule has 1 aliphatic heterocycles. The Hall–Kier alpha value is -1.72. The average Bonchev–Trinajstić information content (AvgIpc) is 2.62. The molecule has 3 rings (SSSR count). The number of aromatic nitrogens is 1. The topological polar surface area (TPSA) is 50.3 Å². The first-order valence-corrected chi connectivity index (χ1v) is 9.54. The van der Waals surface area contributed by atoms with Crippen LogP contribution in [-0.2, 0) is 16.4 Å². The summed E-state index contributed by atoms with van der Waals surface area (Å²) in [7, 11) is -3.41. The minimum atomic E-state index is -3.41. The van der Waals surface area contributed by atoms with Crippen molar-refractivity contribution in [3.05, 3.63) is 60.4 Å². The number of sulfonamides is 1. The van der Waals surface area contributed by atoms with E-state index in [0.717, 1.165) is 25.7 Å². The molecule has 23 heavy (non-hydrogen) atoms. The molecule has 0 amide bonds. The first-order chi connectivity index (χ1) is 11.2. The molecule has 0 aliphatic carbocycles. The van der Waals surface area contributed by atoms with Gasteiger partial charge in [-0.3, -0.25) is 4.98 Å². The second kappa shape index (κ2) is 7.23. The van der Waals surface area contributed by atoms with Crippen LogP contribution in [0.5, 0.6) is 0 Å². The molecule has 1 aromatic heterocycles. The highest BCUT2D eigenvalue weighted by atomic mass is 32.2. The molecule has 0 radical (unpaired) electrons. The number of hydrogen-bond donors (Lipinski definition) is 0. The molecule has 1 saturated heterocycles. The van der Waals surface area contributed by atoms with Crippen molar-refractivity contribution >= 4 is 10.0 Å². The molecular formula is C18H22N2O2S. The van der Waals surface area contributed by atoms with Crippen molar-refractivity contribution in [2.24, 2.45) is 5.92 Å². The molecule has 2 heterocycles. The average molecular weight is 330 g/mol. The van der Waals surface area contributed by atoms with E-state index in [2.05, 4.69) is 29.2 Å². The molecule has 2 aromatic rings. The Balaban J connectivity index is 1.64. The zero-order valence-electron chi connectivity index (χ0n) is 13.1. The monoisotopic (exact) mass is 330 g/mol. The first-order valence-electron chi connectivity index (χ1n) is 8.10. The summed E-state index contributed by atoms with van der Waals surface area (Å²) in [5.74, 6) is 0.426. The lowest BCUT2D eigenvalue weighted by Crippen LogP contribution is -2.40. The van der Waals surface area contributed by atoms with E-state index in [0.29, 0.717) is 23.9 Å². The SMILES string of the molecule is O=S(=O)(c1cccnc1)N1CCCC(CCc2ccccc2)C1. The summed E-state index contributed by atoms with van der Waals surface area (Å²) in [5, 5.41) is 0. The van der Waals surface area contributed by atoms with Crippen molar-refractivity contribution in [1.82, 2.24) is 9.29 Å². The Morgan fingerprint density at radius 1 is 1.13 bits per heavy atom. The van der Waals surface area contributed by atoms with Crippen LogP contribution in [0.4, 0.5) is 0 Å². The minimum Gasteiger partial charge on any atom is -0.263 e. The Kier molecular flexibility index (Phi) is 5.08. The maximum atomic E-state index is 12.7. The standard InChI is InChI=1S/C18H22N2O2S/c21-23(22,18-9-4-12-19-14-18)20-13-5-8-17(15-20)11-10-16-6-2-1-3-7-16/h1-4,6-7,9,12,14,17H,5,8,10-11,13,15H2. The number of pyridine rings is 1. The van der Waals surface area contributed by atoms with Crippen LogP contribution in [0.25, 0.3) is 0 Å². The molecule has 1 aliphatic rings. The molecule has 1 aromatic carbocycles. The maximum Gasteiger partial charge on any atom is 0.244 e. The highest BCUT2D eigenvalue weighted by Crippen LogP contribution is 2.26. The Labute approximate surface area is 138 Å². The van der Waals surface area contributed by atoms with Crippen LogP contribution in [0, 0.1) is 5.92 Å². The Bertz CT molecular complexity index is 717. The van der Waals surface area contributed by atoms with E-state index >= 15 is 0 Å². The van der Waals surface area contributed by atoms with Crippen LogP contribution in [0.2, 0.25) is 0 Å². The summed E-state index contributed by atoms with van der Waals surface area (Å²) in [4.78, 5) is 4.23. The zero-order chi connectivity index (χ0) is 16.1. The summed E-state index contributed by atoms with van der Waals surface area (Å²) in [6, 6.07) is 13.7. The van der Waals surface area contributed by atoms with E-state index in [4.69, 9.17) is 0 Å². The van der Waals surface area contributed by atoms with Crippen molar-refractivity contribution in [3.8, 4) is 0 Å². The molecular weight excluding hydrogens is 308 g/mol. The number of nitrogens with zero attached hydrogens (tertiary/aromatic N) is 2. The molecule has 1 atom stereocenters. The first kappa shape index (κ1) is 16.1. The Morgan fingerprint density at radius 3 is 2.70 bits per heavy atom. The van der Waals surface area contributed by atoms with Crippen LogP contribution in [0.1, 0.15) is 24.8 Å². The van der Waals surface area contributed by atoms with Crippen molar-refractivity contribution in [2.75, 3.05) is 13.1 Å². The van der Waals surface area contributed by atoms with Crippen LogP contribution >= 0.6 is 0 Å². The van der Waals surface area contributed by atoms with Gasteiger partial charge < -0.3 is 0 Å². The van der Waals surface area contributed by atoms with Crippen LogP contribution in [0.3, 0.4) is 0 Å². The second-order valence-electron chi connectivity index (χ2n) is 6.08. The summed E-state index contributed by atoms with van der Waals surface area (Å²) in [5.41, 5.74) is 1.32. The fourth-order valence-electron chi connectivity index (χ4n) is 3.15. The van der Waals surface area contributed by atoms with Crippen molar-refractivity contribution in [3.63, 3.8) is 0 Å². The molecule has 122 valence electrons. The minimum absolute atomic E-state index is 0.295. The van der Waals surface area contributed by atoms with Crippen molar-refractivity contribution in [2.45, 2.75) is 30.6 Å². The van der Waals surface area contributed by atoms with Gasteiger partial charge >= 0.3 is 0 Å². The molecule has 4 nitrogen and oxygen atoms in total. The van der Waals surface area contributed by atoms with Gasteiger partial charge in [-0.05, 0) is 49.3 Å². The largest absolute Gasteiger partial charge is 0.263 e. The lowest BCUT2D eigenvalue weighted by molar-refractivity contribution is 0.256. The zero-order valence-corrected chi connectivity index (χ0v) is 14.0. The predicted molar refractivity (Wildman–Crippen MR) is 90.5 cm³/mol. The third-order valence-corrected chi connectivity index (χ3v) is 6.29. The van der Waals surface area contributed by atoms with Gasteiger partial charge in [0.05, 0.1) is 0 Å². The molecule has 1 unspecified atom stereocenters. The molecule has 0 N–H and O–H groups in total. The number of benzene rings is 1. The van der Waals surface area contributed by atoms with Crippen molar-refractivity contribution in [1.29, 1.82) is 0 Å². The van der Waals surface area contributed by atoms with Gasteiger partial charge in [0, 0.05) is 25.5 Å². The highest BCUT2D eigenvalue weighted by molar-refractivity contribution is 7.89. The summed E-state index contributed by atoms with van der Waals surface area (Å²) >= 11 is 0. The highest BCUT2D eigenvalue weighted by Gasteiger charge is 2.30. The van der Waals surface area contributed by atoms with Gasteiger partial charge in [0.2, 0.25) is 10.0 Å². The lowest BCUT2D eigenvalue weighted by atomic mass is 9.93. The predicted octanol–water partition coefficient (Wildman–Crippen LogP) is 3.12. The maximum absolute atomic E-state index is 12.7. The fourth-order valence-corrected chi connectivity index (χ4v) is 4.66. The van der Waals surface area contributed by atoms with E-state index in [1.807, 2.05) is 6.07 Å². The van der Waals surface area contributed by atoms with Gasteiger partial charge in [0.25, 0.3) is 0 Å². The van der Waals surface area contributed by atoms with E-state index in [1.54, 1.807) is 22.6 Å². The molecule has 1 fully saturated rings. The van der Waals surface area contributed by atoms with Gasteiger partial charge in [-0.2, -0.15) is 4.31 Å². The third-order valence-electron chi connectivity index (χ3n) is 4.44. The van der Waals surface area contributed by atoms with Gasteiger partial charge in [0.15, 0.2) is 0 Å². The summed E-state index contributed by atoms with van der Waals surface area (Å²) in [6.45, 7) is 1.23. The third kappa shape index (κ3) is 3.98. The van der Waals surface area contributed by atoms with E-state index in [9.17, 15) is 8.42 Å². The quantitative estimate of drug-likeness (QED) is 0.846. The van der Waals surface area contributed by atoms with E-state index < -0.39 is 10.0 Å². The van der Waals surface area contributed by atoms with E-state index in [1.165, 1.54) is 11.8 Å². The van der Waals surface area contributed by atoms with Gasteiger partial charge in [-0.25, -0.2) is 8.42 Å². The van der Waals surface area contributed by atoms with Gasteiger partial charge in [0.1, 0.15) is 4.90 Å². The summed E-state index contributed by atoms with van der Waals surface area (Å²) < 4.78 is 27.0. The van der Waals surface area contributed by atoms with Crippen LogP contribution in [-0.4, -0.2) is 30.8 Å². The van der Waals surface area contributed by atoms with Gasteiger partial charge in [-0.1, -0.05) is 30.3 Å². The number of hydrogen-bond acceptors (Lipinski definition) is 3. The normalized spacial score (nSPS) is 19.6. The number of rotatable bonds is 5. The number of aryl methyl sites for hydroxylation is 1. The van der Waals surface area contributed by atoms with Crippen LogP contribution < -0.4 is 0 Å². The van der Waals surface area contributed by atoms with Crippen LogP contribution in [0.15, 0.2) is 59.8 Å². The fraction of sp³-hybridized carbons (Fsp3) is 0.389. The molecule has 0 saturated carbocycles. The van der Waals surface area contributed by atoms with Crippen molar-refractivity contribution < 1.29 is 8.42 Å².